The highest BCUT2D eigenvalue weighted by Gasteiger charge is 2.19. The summed E-state index contributed by atoms with van der Waals surface area (Å²) in [5.41, 5.74) is 0. The fourth-order valence-electron chi connectivity index (χ4n) is 0.848. The van der Waals surface area contributed by atoms with Crippen molar-refractivity contribution in [2.75, 3.05) is 25.4 Å². The summed E-state index contributed by atoms with van der Waals surface area (Å²) in [7, 11) is 1.78. The molecule has 0 amide bonds. The van der Waals surface area contributed by atoms with Crippen LogP contribution in [0.1, 0.15) is 13.8 Å². The highest BCUT2D eigenvalue weighted by atomic mass is 35.5. The van der Waals surface area contributed by atoms with Crippen LogP contribution < -0.4 is 0 Å². The predicted octanol–water partition coefficient (Wildman–Crippen LogP) is 2.28. The van der Waals surface area contributed by atoms with Crippen LogP contribution in [0, 0.1) is 0 Å². The second-order valence-electron chi connectivity index (χ2n) is 3.31. The van der Waals surface area contributed by atoms with Crippen molar-refractivity contribution in [3.63, 3.8) is 0 Å². The van der Waals surface area contributed by atoms with Gasteiger partial charge in [0.15, 0.2) is 6.23 Å². The zero-order valence-electron chi connectivity index (χ0n) is 9.20. The normalized spacial score (nSPS) is 13.0. The first-order valence-corrected chi connectivity index (χ1v) is 5.77. The number of hydrogen-bond donors (Lipinski definition) is 0. The Morgan fingerprint density at radius 2 is 1.93 bits per heavy atom. The molecule has 0 aliphatic heterocycles. The molecule has 0 spiro atoms. The van der Waals surface area contributed by atoms with Crippen LogP contribution in [-0.2, 0) is 9.47 Å². The van der Waals surface area contributed by atoms with Gasteiger partial charge in [0.1, 0.15) is 0 Å². The Bertz CT molecular complexity index is 190. The average Bonchev–Trinajstić information content (AvgIpc) is 2.13. The highest BCUT2D eigenvalue weighted by Crippen LogP contribution is 2.05. The third-order valence-corrected chi connectivity index (χ3v) is 2.06. The molecule has 0 aromatic heterocycles. The van der Waals surface area contributed by atoms with Gasteiger partial charge in [-0.2, -0.15) is 0 Å². The standard InChI is InChI=1S/C9H17Cl2NO3/c1-7(2)14-9(13)15-8(6-11)12(3)5-4-10/h7-8H,4-6H2,1-3H3. The minimum atomic E-state index is -0.711. The maximum Gasteiger partial charge on any atom is 0.510 e. The van der Waals surface area contributed by atoms with Gasteiger partial charge in [-0.15, -0.1) is 23.2 Å². The van der Waals surface area contributed by atoms with Crippen molar-refractivity contribution in [2.24, 2.45) is 0 Å². The van der Waals surface area contributed by atoms with E-state index in [0.29, 0.717) is 12.4 Å². The van der Waals surface area contributed by atoms with Crippen LogP contribution in [-0.4, -0.2) is 48.7 Å². The maximum atomic E-state index is 11.2. The van der Waals surface area contributed by atoms with Crippen molar-refractivity contribution >= 4 is 29.4 Å². The molecule has 0 radical (unpaired) electrons. The molecule has 1 atom stereocenters. The van der Waals surface area contributed by atoms with Gasteiger partial charge in [0, 0.05) is 12.4 Å². The molecule has 0 rings (SSSR count). The number of alkyl halides is 2. The van der Waals surface area contributed by atoms with Crippen molar-refractivity contribution in [2.45, 2.75) is 26.2 Å². The summed E-state index contributed by atoms with van der Waals surface area (Å²) in [5, 5.41) is 0. The molecule has 0 saturated carbocycles. The topological polar surface area (TPSA) is 38.8 Å². The van der Waals surface area contributed by atoms with Crippen LogP contribution in [0.25, 0.3) is 0 Å². The molecule has 0 saturated heterocycles. The quantitative estimate of drug-likeness (QED) is 0.416. The van der Waals surface area contributed by atoms with Crippen LogP contribution in [0.15, 0.2) is 0 Å². The zero-order valence-corrected chi connectivity index (χ0v) is 10.7. The van der Waals surface area contributed by atoms with Gasteiger partial charge in [0.2, 0.25) is 0 Å². The first-order chi connectivity index (χ1) is 7.01. The minimum absolute atomic E-state index is 0.181. The van der Waals surface area contributed by atoms with Gasteiger partial charge in [-0.3, -0.25) is 4.90 Å². The lowest BCUT2D eigenvalue weighted by atomic mass is 10.5. The maximum absolute atomic E-state index is 11.2. The third kappa shape index (κ3) is 6.82. The van der Waals surface area contributed by atoms with E-state index >= 15 is 0 Å². The van der Waals surface area contributed by atoms with E-state index in [1.165, 1.54) is 0 Å². The summed E-state index contributed by atoms with van der Waals surface area (Å²) in [5.74, 6) is 0.632. The van der Waals surface area contributed by atoms with Crippen LogP contribution in [0.2, 0.25) is 0 Å². The van der Waals surface area contributed by atoms with Crippen LogP contribution in [0.4, 0.5) is 4.79 Å². The summed E-state index contributed by atoms with van der Waals surface area (Å²) >= 11 is 11.2. The lowest BCUT2D eigenvalue weighted by Crippen LogP contribution is -2.38. The average molecular weight is 258 g/mol. The van der Waals surface area contributed by atoms with E-state index in [9.17, 15) is 4.79 Å². The Balaban J connectivity index is 4.02. The van der Waals surface area contributed by atoms with Gasteiger partial charge in [-0.05, 0) is 20.9 Å². The number of hydrogen-bond acceptors (Lipinski definition) is 4. The molecule has 6 heteroatoms. The fourth-order valence-corrected chi connectivity index (χ4v) is 1.41. The largest absolute Gasteiger partial charge is 0.510 e. The molecule has 0 heterocycles. The number of carbonyl (C=O) groups is 1. The van der Waals surface area contributed by atoms with E-state index in [-0.39, 0.29) is 12.0 Å². The molecule has 1 unspecified atom stereocenters. The number of nitrogens with zero attached hydrogens (tertiary/aromatic N) is 1. The fraction of sp³-hybridized carbons (Fsp3) is 0.889. The molecule has 0 aromatic carbocycles. The summed E-state index contributed by atoms with van der Waals surface area (Å²) in [6, 6.07) is 0. The van der Waals surface area contributed by atoms with Crippen molar-refractivity contribution < 1.29 is 14.3 Å². The molecule has 4 nitrogen and oxygen atoms in total. The number of carbonyl (C=O) groups excluding carboxylic acids is 1. The van der Waals surface area contributed by atoms with Crippen molar-refractivity contribution in [1.82, 2.24) is 4.90 Å². The zero-order chi connectivity index (χ0) is 11.8. The van der Waals surface area contributed by atoms with Crippen LogP contribution in [0.3, 0.4) is 0 Å². The first-order valence-electron chi connectivity index (χ1n) is 4.70. The Morgan fingerprint density at radius 3 is 2.33 bits per heavy atom. The number of halogens is 2. The Hall–Kier alpha value is -0.190. The number of ether oxygens (including phenoxy) is 2. The van der Waals surface area contributed by atoms with E-state index < -0.39 is 12.4 Å². The van der Waals surface area contributed by atoms with Gasteiger partial charge in [0.25, 0.3) is 0 Å². The van der Waals surface area contributed by atoms with Gasteiger partial charge >= 0.3 is 6.16 Å². The first kappa shape index (κ1) is 14.8. The Labute approximate surface area is 100 Å². The Kier molecular flexibility index (Phi) is 7.92. The molecule has 15 heavy (non-hydrogen) atoms. The van der Waals surface area contributed by atoms with E-state index in [4.69, 9.17) is 32.7 Å². The smallest absolute Gasteiger partial charge is 0.432 e. The van der Waals surface area contributed by atoms with Gasteiger partial charge in [-0.1, -0.05) is 0 Å². The SMILES string of the molecule is CC(C)OC(=O)OC(CCl)N(C)CCCl. The highest BCUT2D eigenvalue weighted by molar-refractivity contribution is 6.18. The minimum Gasteiger partial charge on any atom is -0.432 e. The molecule has 0 aliphatic carbocycles. The molecular weight excluding hydrogens is 241 g/mol. The summed E-state index contributed by atoms with van der Waals surface area (Å²) in [6.45, 7) is 4.09. The third-order valence-electron chi connectivity index (χ3n) is 1.63. The van der Waals surface area contributed by atoms with E-state index in [2.05, 4.69) is 0 Å². The molecular formula is C9H17Cl2NO3. The lowest BCUT2D eigenvalue weighted by molar-refractivity contribution is -0.0350. The molecule has 0 N–H and O–H groups in total. The molecule has 0 bridgehead atoms. The van der Waals surface area contributed by atoms with Gasteiger partial charge in [0.05, 0.1) is 12.0 Å². The Morgan fingerprint density at radius 1 is 1.33 bits per heavy atom. The van der Waals surface area contributed by atoms with E-state index in [1.54, 1.807) is 25.8 Å². The summed E-state index contributed by atoms with van der Waals surface area (Å²) in [6.07, 6.45) is -1.42. The molecule has 0 aromatic rings. The van der Waals surface area contributed by atoms with Crippen molar-refractivity contribution in [3.05, 3.63) is 0 Å². The lowest BCUT2D eigenvalue weighted by Gasteiger charge is -2.25. The predicted molar refractivity (Wildman–Crippen MR) is 60.6 cm³/mol. The monoisotopic (exact) mass is 257 g/mol. The summed E-state index contributed by atoms with van der Waals surface area (Å²) < 4.78 is 9.83. The molecule has 0 fully saturated rings. The molecule has 0 aliphatic rings. The second-order valence-corrected chi connectivity index (χ2v) is 4.00. The van der Waals surface area contributed by atoms with Crippen molar-refractivity contribution in [1.29, 1.82) is 0 Å². The molecule has 90 valence electrons. The van der Waals surface area contributed by atoms with E-state index in [1.807, 2.05) is 0 Å². The van der Waals surface area contributed by atoms with Gasteiger partial charge in [-0.25, -0.2) is 4.79 Å². The van der Waals surface area contributed by atoms with E-state index in [0.717, 1.165) is 0 Å². The van der Waals surface area contributed by atoms with Crippen molar-refractivity contribution in [3.8, 4) is 0 Å². The second kappa shape index (κ2) is 8.02. The van der Waals surface area contributed by atoms with Gasteiger partial charge < -0.3 is 9.47 Å². The van der Waals surface area contributed by atoms with Crippen LogP contribution in [0.5, 0.6) is 0 Å². The van der Waals surface area contributed by atoms with Crippen LogP contribution >= 0.6 is 23.2 Å². The summed E-state index contributed by atoms with van der Waals surface area (Å²) in [4.78, 5) is 12.9. The number of rotatable bonds is 6.